The first-order chi connectivity index (χ1) is 12.7. The molecular weight excluding hydrogens is 348 g/mol. The molecule has 0 radical (unpaired) electrons. The van der Waals surface area contributed by atoms with E-state index in [0.29, 0.717) is 11.7 Å². The van der Waals surface area contributed by atoms with Crippen LogP contribution in [0.4, 0.5) is 0 Å². The Morgan fingerprint density at radius 1 is 1.19 bits per heavy atom. The van der Waals surface area contributed by atoms with E-state index in [1.54, 1.807) is 13.4 Å². The Morgan fingerprint density at radius 2 is 1.92 bits per heavy atom. The molecule has 3 aromatic rings. The highest BCUT2D eigenvalue weighted by atomic mass is 32.2. The summed E-state index contributed by atoms with van der Waals surface area (Å²) in [5.41, 5.74) is 1.90. The number of ether oxygens (including phenoxy) is 1. The van der Waals surface area contributed by atoms with Crippen molar-refractivity contribution in [3.8, 4) is 11.4 Å². The van der Waals surface area contributed by atoms with Gasteiger partial charge >= 0.3 is 0 Å². The molecule has 1 heterocycles. The lowest BCUT2D eigenvalue weighted by Crippen LogP contribution is -2.30. The second-order valence-electron chi connectivity index (χ2n) is 5.62. The fraction of sp³-hybridized carbons (Fsp3) is 0.211. The Hall–Kier alpha value is -2.80. The van der Waals surface area contributed by atoms with Crippen molar-refractivity contribution in [1.29, 1.82) is 0 Å². The monoisotopic (exact) mass is 368 g/mol. The van der Waals surface area contributed by atoms with Crippen molar-refractivity contribution in [1.82, 2.24) is 20.1 Å². The van der Waals surface area contributed by atoms with Gasteiger partial charge < -0.3 is 10.1 Å². The maximum Gasteiger partial charge on any atom is 0.233 e. The number of hydrogen-bond acceptors (Lipinski definition) is 5. The Labute approximate surface area is 156 Å². The Kier molecular flexibility index (Phi) is 5.91. The first-order valence-corrected chi connectivity index (χ1v) is 9.08. The van der Waals surface area contributed by atoms with Crippen LogP contribution in [0.3, 0.4) is 0 Å². The second-order valence-corrected chi connectivity index (χ2v) is 6.93. The van der Waals surface area contributed by atoms with Gasteiger partial charge in [-0.3, -0.25) is 9.36 Å². The Morgan fingerprint density at radius 3 is 2.69 bits per heavy atom. The van der Waals surface area contributed by atoms with Gasteiger partial charge in [0, 0.05) is 6.54 Å². The van der Waals surface area contributed by atoms with E-state index in [4.69, 9.17) is 4.74 Å². The summed E-state index contributed by atoms with van der Waals surface area (Å²) in [4.78, 5) is 12.4. The maximum absolute atomic E-state index is 12.4. The fourth-order valence-electron chi connectivity index (χ4n) is 2.44. The zero-order valence-electron chi connectivity index (χ0n) is 14.6. The molecule has 0 fully saturated rings. The number of carbonyl (C=O) groups excluding carboxylic acids is 1. The number of nitrogens with zero attached hydrogens (tertiary/aromatic N) is 3. The van der Waals surface area contributed by atoms with Gasteiger partial charge in [-0.1, -0.05) is 54.2 Å². The number of para-hydroxylation sites is 2. The highest BCUT2D eigenvalue weighted by Crippen LogP contribution is 2.28. The lowest BCUT2D eigenvalue weighted by Gasteiger charge is -2.14. The van der Waals surface area contributed by atoms with Gasteiger partial charge in [0.2, 0.25) is 5.91 Å². The van der Waals surface area contributed by atoms with Gasteiger partial charge in [-0.2, -0.15) is 0 Å². The molecule has 1 amide bonds. The minimum atomic E-state index is -0.309. The summed E-state index contributed by atoms with van der Waals surface area (Å²) in [6.07, 6.45) is 1.62. The van der Waals surface area contributed by atoms with Gasteiger partial charge in [0.15, 0.2) is 5.16 Å². The van der Waals surface area contributed by atoms with Gasteiger partial charge in [-0.05, 0) is 24.6 Å². The Bertz CT molecular complexity index is 867. The third kappa shape index (κ3) is 4.23. The van der Waals surface area contributed by atoms with E-state index in [-0.39, 0.29) is 11.2 Å². The predicted molar refractivity (Wildman–Crippen MR) is 102 cm³/mol. The summed E-state index contributed by atoms with van der Waals surface area (Å²) >= 11 is 1.36. The molecule has 3 rings (SSSR count). The fourth-order valence-corrected chi connectivity index (χ4v) is 3.30. The molecule has 1 atom stereocenters. The number of benzene rings is 2. The number of nitrogens with one attached hydrogen (secondary N) is 1. The first-order valence-electron chi connectivity index (χ1n) is 8.20. The molecule has 0 aliphatic rings. The SMILES string of the molecule is COc1ccccc1-n1cnnc1SC(C)C(=O)NCc1ccccc1. The topological polar surface area (TPSA) is 69.0 Å². The molecule has 0 aliphatic carbocycles. The van der Waals surface area contributed by atoms with Crippen LogP contribution in [-0.2, 0) is 11.3 Å². The Balaban J connectivity index is 1.67. The molecule has 0 aliphatic heterocycles. The van der Waals surface area contributed by atoms with Crippen LogP contribution in [0.5, 0.6) is 5.75 Å². The molecule has 1 aromatic heterocycles. The molecule has 7 heteroatoms. The second kappa shape index (κ2) is 8.53. The summed E-state index contributed by atoms with van der Waals surface area (Å²) in [6.45, 7) is 2.36. The van der Waals surface area contributed by atoms with Crippen LogP contribution >= 0.6 is 11.8 Å². The van der Waals surface area contributed by atoms with E-state index in [1.165, 1.54) is 11.8 Å². The minimum Gasteiger partial charge on any atom is -0.495 e. The first kappa shape index (κ1) is 18.0. The van der Waals surface area contributed by atoms with Crippen LogP contribution in [0.1, 0.15) is 12.5 Å². The number of methoxy groups -OCH3 is 1. The summed E-state index contributed by atoms with van der Waals surface area (Å²) in [5, 5.41) is 11.4. The van der Waals surface area contributed by atoms with Crippen molar-refractivity contribution in [3.63, 3.8) is 0 Å². The molecule has 1 N–H and O–H groups in total. The number of hydrogen-bond donors (Lipinski definition) is 1. The maximum atomic E-state index is 12.4. The van der Waals surface area contributed by atoms with E-state index in [0.717, 1.165) is 17.0 Å². The van der Waals surface area contributed by atoms with Gasteiger partial charge in [-0.15, -0.1) is 10.2 Å². The van der Waals surface area contributed by atoms with E-state index < -0.39 is 0 Å². The zero-order chi connectivity index (χ0) is 18.4. The average Bonchev–Trinajstić information content (AvgIpc) is 3.14. The number of carbonyl (C=O) groups is 1. The number of rotatable bonds is 7. The highest BCUT2D eigenvalue weighted by molar-refractivity contribution is 8.00. The van der Waals surface area contributed by atoms with Gasteiger partial charge in [0.1, 0.15) is 12.1 Å². The summed E-state index contributed by atoms with van der Waals surface area (Å²) in [6, 6.07) is 17.4. The highest BCUT2D eigenvalue weighted by Gasteiger charge is 2.19. The molecule has 0 bridgehead atoms. The molecular formula is C19H20N4O2S. The molecule has 26 heavy (non-hydrogen) atoms. The third-order valence-corrected chi connectivity index (χ3v) is 4.88. The lowest BCUT2D eigenvalue weighted by atomic mass is 10.2. The number of thioether (sulfide) groups is 1. The van der Waals surface area contributed by atoms with E-state index >= 15 is 0 Å². The molecule has 2 aromatic carbocycles. The van der Waals surface area contributed by atoms with Gasteiger partial charge in [-0.25, -0.2) is 0 Å². The zero-order valence-corrected chi connectivity index (χ0v) is 15.4. The normalized spacial score (nSPS) is 11.8. The lowest BCUT2D eigenvalue weighted by molar-refractivity contribution is -0.120. The average molecular weight is 368 g/mol. The smallest absolute Gasteiger partial charge is 0.233 e. The van der Waals surface area contributed by atoms with Crippen LogP contribution < -0.4 is 10.1 Å². The molecule has 6 nitrogen and oxygen atoms in total. The minimum absolute atomic E-state index is 0.0478. The quantitative estimate of drug-likeness (QED) is 0.649. The van der Waals surface area contributed by atoms with Gasteiger partial charge in [0.05, 0.1) is 18.0 Å². The summed E-state index contributed by atoms with van der Waals surface area (Å²) in [5.74, 6) is 0.670. The van der Waals surface area contributed by atoms with Crippen molar-refractivity contribution in [2.24, 2.45) is 0 Å². The van der Waals surface area contributed by atoms with Crippen LogP contribution in [0.25, 0.3) is 5.69 Å². The van der Waals surface area contributed by atoms with Crippen LogP contribution in [0, 0.1) is 0 Å². The molecule has 0 spiro atoms. The van der Waals surface area contributed by atoms with Crippen molar-refractivity contribution in [2.45, 2.75) is 23.9 Å². The number of aromatic nitrogens is 3. The van der Waals surface area contributed by atoms with Crippen molar-refractivity contribution < 1.29 is 9.53 Å². The van der Waals surface area contributed by atoms with E-state index in [9.17, 15) is 4.79 Å². The molecule has 134 valence electrons. The standard InChI is InChI=1S/C19H20N4O2S/c1-14(18(24)20-12-15-8-4-3-5-9-15)26-19-22-21-13-23(19)16-10-6-7-11-17(16)25-2/h3-11,13-14H,12H2,1-2H3,(H,20,24). The molecule has 0 saturated heterocycles. The van der Waals surface area contributed by atoms with Crippen LogP contribution in [0.2, 0.25) is 0 Å². The van der Waals surface area contributed by atoms with Gasteiger partial charge in [0.25, 0.3) is 0 Å². The third-order valence-electron chi connectivity index (χ3n) is 3.82. The molecule has 1 unspecified atom stereocenters. The predicted octanol–water partition coefficient (Wildman–Crippen LogP) is 3.07. The van der Waals surface area contributed by atoms with Crippen molar-refractivity contribution >= 4 is 17.7 Å². The van der Waals surface area contributed by atoms with Crippen LogP contribution in [-0.4, -0.2) is 33.0 Å². The van der Waals surface area contributed by atoms with Crippen molar-refractivity contribution in [2.75, 3.05) is 7.11 Å². The largest absolute Gasteiger partial charge is 0.495 e. The summed E-state index contributed by atoms with van der Waals surface area (Å²) < 4.78 is 7.22. The van der Waals surface area contributed by atoms with Crippen LogP contribution in [0.15, 0.2) is 66.1 Å². The van der Waals surface area contributed by atoms with E-state index in [2.05, 4.69) is 15.5 Å². The van der Waals surface area contributed by atoms with E-state index in [1.807, 2.05) is 66.1 Å². The summed E-state index contributed by atoms with van der Waals surface area (Å²) in [7, 11) is 1.62. The number of amides is 1. The molecule has 0 saturated carbocycles. The van der Waals surface area contributed by atoms with Crippen molar-refractivity contribution in [3.05, 3.63) is 66.5 Å².